The molecule has 0 amide bonds. The maximum absolute atomic E-state index is 3.99. The second-order valence-electron chi connectivity index (χ2n) is 4.02. The molecule has 1 aliphatic heterocycles. The molecule has 1 saturated heterocycles. The molecule has 1 rings (SSSR count). The largest absolute Gasteiger partial charge is 0.120 e. The van der Waals surface area contributed by atoms with E-state index >= 15 is 0 Å². The topological polar surface area (TPSA) is 0 Å². The van der Waals surface area contributed by atoms with Gasteiger partial charge in [-0.2, -0.15) is 0 Å². The van der Waals surface area contributed by atoms with Crippen LogP contribution in [0.3, 0.4) is 0 Å². The Morgan fingerprint density at radius 1 is 1.55 bits per heavy atom. The third-order valence-electron chi connectivity index (χ3n) is 2.76. The first kappa shape index (κ1) is 8.64. The van der Waals surface area contributed by atoms with Crippen molar-refractivity contribution in [3.05, 3.63) is 24.3 Å². The maximum Gasteiger partial charge on any atom is 0.120 e. The summed E-state index contributed by atoms with van der Waals surface area (Å²) >= 11 is 0. The van der Waals surface area contributed by atoms with Gasteiger partial charge >= 0.3 is 0 Å². The molecule has 11 heavy (non-hydrogen) atoms. The summed E-state index contributed by atoms with van der Waals surface area (Å²) in [5, 5.41) is 0.427. The van der Waals surface area contributed by atoms with E-state index in [2.05, 4.69) is 34.3 Å². The summed E-state index contributed by atoms with van der Waals surface area (Å²) in [6.07, 6.45) is 1.09. The zero-order chi connectivity index (χ0) is 8.65. The van der Waals surface area contributed by atoms with Gasteiger partial charge in [0.1, 0.15) is 7.28 Å². The minimum atomic E-state index is 0.427. The Morgan fingerprint density at radius 3 is 2.27 bits per heavy atom. The van der Waals surface area contributed by atoms with Crippen molar-refractivity contribution in [1.29, 1.82) is 0 Å². The zero-order valence-corrected chi connectivity index (χ0v) is 7.78. The van der Waals surface area contributed by atoms with Gasteiger partial charge in [-0.1, -0.05) is 49.3 Å². The lowest BCUT2D eigenvalue weighted by Gasteiger charge is -2.12. The summed E-state index contributed by atoms with van der Waals surface area (Å²) in [5.41, 5.74) is 2.33. The van der Waals surface area contributed by atoms with Crippen LogP contribution in [0, 0.1) is 0 Å². The van der Waals surface area contributed by atoms with Crippen LogP contribution in [0.5, 0.6) is 0 Å². The van der Waals surface area contributed by atoms with Crippen molar-refractivity contribution in [3.63, 3.8) is 0 Å². The smallest absolute Gasteiger partial charge is 0.0959 e. The van der Waals surface area contributed by atoms with Gasteiger partial charge in [0.2, 0.25) is 0 Å². The summed E-state index contributed by atoms with van der Waals surface area (Å²) in [4.78, 5) is 0. The summed E-state index contributed by atoms with van der Waals surface area (Å²) in [7, 11) is 2.38. The number of rotatable bonds is 3. The molecule has 2 atom stereocenters. The first-order valence-electron chi connectivity index (χ1n) is 4.15. The van der Waals surface area contributed by atoms with Gasteiger partial charge < -0.3 is 0 Å². The molecule has 1 radical (unpaired) electrons. The second-order valence-corrected chi connectivity index (χ2v) is 4.02. The van der Waals surface area contributed by atoms with Gasteiger partial charge in [-0.05, 0) is 13.3 Å². The summed E-state index contributed by atoms with van der Waals surface area (Å²) in [6, 6.07) is 0. The molecule has 2 unspecified atom stereocenters. The highest BCUT2D eigenvalue weighted by Gasteiger charge is 2.47. The van der Waals surface area contributed by atoms with Crippen LogP contribution in [0.4, 0.5) is 0 Å². The highest BCUT2D eigenvalue weighted by Crippen LogP contribution is 2.60. The Labute approximate surface area is 70.6 Å². The van der Waals surface area contributed by atoms with Crippen LogP contribution in [0.25, 0.3) is 0 Å². The van der Waals surface area contributed by atoms with Crippen LogP contribution >= 0.6 is 0 Å². The molecule has 1 heterocycles. The lowest BCUT2D eigenvalue weighted by Crippen LogP contribution is -1.92. The third kappa shape index (κ3) is 1.77. The number of allylic oxidation sites excluding steroid dienone is 2. The minimum Gasteiger partial charge on any atom is -0.0959 e. The Bertz CT molecular complexity index is 205. The van der Waals surface area contributed by atoms with Crippen molar-refractivity contribution in [2.24, 2.45) is 0 Å². The van der Waals surface area contributed by atoms with E-state index in [1.165, 1.54) is 5.57 Å². The lowest BCUT2D eigenvalue weighted by molar-refractivity contribution is 0.691. The molecule has 59 valence electrons. The van der Waals surface area contributed by atoms with Crippen molar-refractivity contribution in [2.75, 3.05) is 0 Å². The highest BCUT2D eigenvalue weighted by atomic mass is 14.3. The number of hydrogen-bond donors (Lipinski definition) is 0. The second kappa shape index (κ2) is 2.55. The Hall–Kier alpha value is -0.455. The molecule has 0 aromatic carbocycles. The van der Waals surface area contributed by atoms with E-state index in [1.807, 2.05) is 6.92 Å². The SMILES string of the molecule is C=C(C)C(=C)CC1(C)[B]C1C. The van der Waals surface area contributed by atoms with Gasteiger partial charge in [0.15, 0.2) is 0 Å². The Balaban J connectivity index is 2.44. The maximum atomic E-state index is 3.99. The fraction of sp³-hybridized carbons (Fsp3) is 0.600. The van der Waals surface area contributed by atoms with Gasteiger partial charge in [-0.15, -0.1) is 0 Å². The van der Waals surface area contributed by atoms with E-state index < -0.39 is 0 Å². The van der Waals surface area contributed by atoms with Gasteiger partial charge in [0.05, 0.1) is 0 Å². The Kier molecular flexibility index (Phi) is 2.00. The monoisotopic (exact) mass is 147 g/mol. The molecule has 0 spiro atoms. The van der Waals surface area contributed by atoms with E-state index in [9.17, 15) is 0 Å². The van der Waals surface area contributed by atoms with Crippen molar-refractivity contribution in [3.8, 4) is 0 Å². The van der Waals surface area contributed by atoms with E-state index in [4.69, 9.17) is 0 Å². The minimum absolute atomic E-state index is 0.427. The molecule has 0 N–H and O–H groups in total. The van der Waals surface area contributed by atoms with E-state index in [1.54, 1.807) is 0 Å². The van der Waals surface area contributed by atoms with Gasteiger partial charge in [-0.25, -0.2) is 0 Å². The highest BCUT2D eigenvalue weighted by molar-refractivity contribution is 6.56. The van der Waals surface area contributed by atoms with E-state index in [0.29, 0.717) is 5.31 Å². The summed E-state index contributed by atoms with van der Waals surface area (Å²) in [6.45, 7) is 14.4. The van der Waals surface area contributed by atoms with Crippen LogP contribution < -0.4 is 0 Å². The first-order valence-corrected chi connectivity index (χ1v) is 4.15. The quantitative estimate of drug-likeness (QED) is 0.424. The average Bonchev–Trinajstić information content (AvgIpc) is 2.39. The molecule has 0 aromatic heterocycles. The molecule has 0 aliphatic carbocycles. The van der Waals surface area contributed by atoms with E-state index in [-0.39, 0.29) is 0 Å². The standard InChI is InChI=1S/C10H16B/c1-7(2)8(3)6-10(5)9(4)11-10/h9H,1,3,6H2,2,4-5H3. The van der Waals surface area contributed by atoms with Gasteiger partial charge in [-0.3, -0.25) is 0 Å². The average molecular weight is 147 g/mol. The third-order valence-corrected chi connectivity index (χ3v) is 2.76. The fourth-order valence-corrected chi connectivity index (χ4v) is 1.35. The summed E-state index contributed by atoms with van der Waals surface area (Å²) < 4.78 is 0. The van der Waals surface area contributed by atoms with Gasteiger partial charge in [0, 0.05) is 0 Å². The zero-order valence-electron chi connectivity index (χ0n) is 7.78. The predicted octanol–water partition coefficient (Wildman–Crippen LogP) is 3.21. The van der Waals surface area contributed by atoms with Gasteiger partial charge in [0.25, 0.3) is 0 Å². The molecular weight excluding hydrogens is 131 g/mol. The predicted molar refractivity (Wildman–Crippen MR) is 52.1 cm³/mol. The van der Waals surface area contributed by atoms with Crippen LogP contribution in [0.1, 0.15) is 27.2 Å². The molecule has 0 nitrogen and oxygen atoms in total. The van der Waals surface area contributed by atoms with E-state index in [0.717, 1.165) is 17.8 Å². The lowest BCUT2D eigenvalue weighted by atomic mass is 9.83. The fourth-order valence-electron chi connectivity index (χ4n) is 1.35. The van der Waals surface area contributed by atoms with Crippen LogP contribution in [-0.4, -0.2) is 7.28 Å². The van der Waals surface area contributed by atoms with Crippen LogP contribution in [0.15, 0.2) is 24.3 Å². The molecule has 0 saturated carbocycles. The number of hydrogen-bond acceptors (Lipinski definition) is 0. The van der Waals surface area contributed by atoms with Crippen LogP contribution in [0.2, 0.25) is 11.1 Å². The molecule has 1 fully saturated rings. The molecular formula is C10H16B. The summed E-state index contributed by atoms with van der Waals surface area (Å²) in [5.74, 6) is 0.763. The molecule has 0 aromatic rings. The normalized spacial score (nSPS) is 34.3. The van der Waals surface area contributed by atoms with Crippen molar-refractivity contribution >= 4 is 7.28 Å². The van der Waals surface area contributed by atoms with Crippen molar-refractivity contribution < 1.29 is 0 Å². The van der Waals surface area contributed by atoms with Crippen LogP contribution in [-0.2, 0) is 0 Å². The van der Waals surface area contributed by atoms with Crippen molar-refractivity contribution in [2.45, 2.75) is 38.3 Å². The molecule has 0 bridgehead atoms. The van der Waals surface area contributed by atoms with Crippen molar-refractivity contribution in [1.82, 2.24) is 0 Å². The molecule has 1 heteroatoms. The molecule has 1 aliphatic rings. The first-order chi connectivity index (χ1) is 4.96. The Morgan fingerprint density at radius 2 is 2.00 bits per heavy atom.